The van der Waals surface area contributed by atoms with Gasteiger partial charge in [0.2, 0.25) is 0 Å². The van der Waals surface area contributed by atoms with Gasteiger partial charge in [-0.15, -0.1) is 12.4 Å². The fraction of sp³-hybridized carbons (Fsp3) is 0.235. The number of anilines is 1. The van der Waals surface area contributed by atoms with E-state index < -0.39 is 5.54 Å². The monoisotopic (exact) mass is 474 g/mol. The van der Waals surface area contributed by atoms with Crippen LogP contribution in [0, 0.1) is 0 Å². The van der Waals surface area contributed by atoms with Gasteiger partial charge in [0, 0.05) is 22.1 Å². The minimum atomic E-state index is -0.406. The second-order valence-electron chi connectivity index (χ2n) is 5.87. The number of amidine groups is 1. The average molecular weight is 476 g/mol. The molecule has 138 valence electrons. The highest BCUT2D eigenvalue weighted by Gasteiger charge is 2.30. The predicted octanol–water partition coefficient (Wildman–Crippen LogP) is 4.84. The molecule has 3 N–H and O–H groups in total. The second-order valence-corrected chi connectivity index (χ2v) is 8.33. The molecule has 0 saturated heterocycles. The number of pyridine rings is 1. The zero-order valence-corrected chi connectivity index (χ0v) is 17.8. The third-order valence-corrected chi connectivity index (χ3v) is 5.41. The Morgan fingerprint density at radius 1 is 1.38 bits per heavy atom. The lowest BCUT2D eigenvalue weighted by Gasteiger charge is -2.30. The molecule has 1 aliphatic rings. The Labute approximate surface area is 175 Å². The molecule has 0 spiro atoms. The summed E-state index contributed by atoms with van der Waals surface area (Å²) < 4.78 is 0.859. The van der Waals surface area contributed by atoms with E-state index in [1.165, 1.54) is 6.20 Å². The molecule has 1 unspecified atom stereocenters. The normalized spacial score (nSPS) is 19.3. The maximum absolute atomic E-state index is 12.4. The maximum Gasteiger partial charge on any atom is 0.274 e. The Morgan fingerprint density at radius 3 is 2.81 bits per heavy atom. The number of hydrogen-bond donors (Lipinski definition) is 2. The molecule has 2 aromatic rings. The lowest BCUT2D eigenvalue weighted by Crippen LogP contribution is -2.29. The van der Waals surface area contributed by atoms with E-state index in [0.29, 0.717) is 21.6 Å². The molecule has 2 heterocycles. The molecule has 0 saturated carbocycles. The number of benzene rings is 1. The fourth-order valence-electron chi connectivity index (χ4n) is 2.57. The van der Waals surface area contributed by atoms with Crippen molar-refractivity contribution in [3.63, 3.8) is 0 Å². The number of nitrogens with two attached hydrogens (primary N) is 1. The Kier molecular flexibility index (Phi) is 6.96. The maximum atomic E-state index is 12.4. The van der Waals surface area contributed by atoms with Crippen molar-refractivity contribution in [3.05, 3.63) is 57.3 Å². The van der Waals surface area contributed by atoms with Gasteiger partial charge >= 0.3 is 0 Å². The van der Waals surface area contributed by atoms with Gasteiger partial charge in [0.1, 0.15) is 5.69 Å². The first-order valence-electron chi connectivity index (χ1n) is 7.58. The SMILES string of the molecule is CC1(c2cc(Br)cc(NC(=O)c3ccc(Cl)cn3)c2)CCSC(N)=N1.Cl. The molecular weight excluding hydrogens is 459 g/mol. The van der Waals surface area contributed by atoms with Crippen LogP contribution < -0.4 is 11.1 Å². The van der Waals surface area contributed by atoms with E-state index in [1.807, 2.05) is 25.1 Å². The van der Waals surface area contributed by atoms with Gasteiger partial charge in [-0.05, 0) is 49.2 Å². The number of nitrogens with one attached hydrogen (secondary N) is 1. The summed E-state index contributed by atoms with van der Waals surface area (Å²) in [6, 6.07) is 8.98. The van der Waals surface area contributed by atoms with Crippen LogP contribution in [-0.2, 0) is 5.54 Å². The number of nitrogens with zero attached hydrogens (tertiary/aromatic N) is 2. The van der Waals surface area contributed by atoms with Gasteiger partial charge in [-0.25, -0.2) is 4.98 Å². The van der Waals surface area contributed by atoms with Crippen LogP contribution >= 0.6 is 51.7 Å². The molecule has 0 bridgehead atoms. The largest absolute Gasteiger partial charge is 0.379 e. The Morgan fingerprint density at radius 2 is 2.15 bits per heavy atom. The standard InChI is InChI=1S/C17H16BrClN4OS.ClH/c1-17(4-5-25-16(20)23-17)10-6-11(18)8-13(7-10)22-15(24)14-3-2-12(19)9-21-14;/h2-3,6-9H,4-5H2,1H3,(H2,20,23)(H,22,24);1H. The van der Waals surface area contributed by atoms with Gasteiger partial charge in [0.15, 0.2) is 5.17 Å². The number of thioether (sulfide) groups is 1. The van der Waals surface area contributed by atoms with Crippen LogP contribution in [0.4, 0.5) is 5.69 Å². The second kappa shape index (κ2) is 8.61. The number of aliphatic imine (C=N–C) groups is 1. The zero-order valence-electron chi connectivity index (χ0n) is 13.8. The van der Waals surface area contributed by atoms with Crippen molar-refractivity contribution >= 4 is 68.5 Å². The van der Waals surface area contributed by atoms with Gasteiger partial charge < -0.3 is 11.1 Å². The van der Waals surface area contributed by atoms with Crippen LogP contribution in [0.1, 0.15) is 29.4 Å². The first-order chi connectivity index (χ1) is 11.9. The molecule has 0 aliphatic carbocycles. The van der Waals surface area contributed by atoms with E-state index in [1.54, 1.807) is 23.9 Å². The number of carbonyl (C=O) groups is 1. The van der Waals surface area contributed by atoms with E-state index in [0.717, 1.165) is 22.2 Å². The van der Waals surface area contributed by atoms with Gasteiger partial charge in [-0.2, -0.15) is 0 Å². The van der Waals surface area contributed by atoms with Crippen LogP contribution in [0.3, 0.4) is 0 Å². The molecule has 0 fully saturated rings. The molecule has 5 nitrogen and oxygen atoms in total. The number of aromatic nitrogens is 1. The molecule has 3 rings (SSSR count). The van der Waals surface area contributed by atoms with Gasteiger partial charge in [0.05, 0.1) is 10.6 Å². The molecule has 1 amide bonds. The summed E-state index contributed by atoms with van der Waals surface area (Å²) in [5.41, 5.74) is 7.46. The lowest BCUT2D eigenvalue weighted by molar-refractivity contribution is 0.102. The van der Waals surface area contributed by atoms with Crippen LogP contribution in [0.25, 0.3) is 0 Å². The number of amides is 1. The molecule has 0 radical (unpaired) electrons. The molecule has 1 aromatic heterocycles. The van der Waals surface area contributed by atoms with Gasteiger partial charge in [-0.1, -0.05) is 39.3 Å². The molecule has 1 aliphatic heterocycles. The fourth-order valence-corrected chi connectivity index (χ4v) is 4.15. The summed E-state index contributed by atoms with van der Waals surface area (Å²) in [5, 5.41) is 3.94. The van der Waals surface area contributed by atoms with E-state index in [9.17, 15) is 4.79 Å². The van der Waals surface area contributed by atoms with Crippen molar-refractivity contribution in [1.82, 2.24) is 4.98 Å². The van der Waals surface area contributed by atoms with Crippen molar-refractivity contribution in [2.75, 3.05) is 11.1 Å². The van der Waals surface area contributed by atoms with Crippen LogP contribution in [0.5, 0.6) is 0 Å². The van der Waals surface area contributed by atoms with Crippen molar-refractivity contribution in [2.45, 2.75) is 18.9 Å². The van der Waals surface area contributed by atoms with Crippen molar-refractivity contribution in [2.24, 2.45) is 10.7 Å². The van der Waals surface area contributed by atoms with Gasteiger partial charge in [0.25, 0.3) is 5.91 Å². The minimum absolute atomic E-state index is 0. The van der Waals surface area contributed by atoms with Gasteiger partial charge in [-0.3, -0.25) is 9.79 Å². The van der Waals surface area contributed by atoms with Crippen molar-refractivity contribution < 1.29 is 4.79 Å². The highest BCUT2D eigenvalue weighted by molar-refractivity contribution is 9.10. The quantitative estimate of drug-likeness (QED) is 0.665. The molecule has 1 atom stereocenters. The lowest BCUT2D eigenvalue weighted by atomic mass is 9.89. The Bertz CT molecular complexity index is 847. The van der Waals surface area contributed by atoms with Crippen LogP contribution in [-0.4, -0.2) is 21.8 Å². The van der Waals surface area contributed by atoms with E-state index in [2.05, 4.69) is 31.2 Å². The summed E-state index contributed by atoms with van der Waals surface area (Å²) in [7, 11) is 0. The molecule has 26 heavy (non-hydrogen) atoms. The first kappa shape index (κ1) is 21.0. The third kappa shape index (κ3) is 4.91. The van der Waals surface area contributed by atoms with E-state index >= 15 is 0 Å². The summed E-state index contributed by atoms with van der Waals surface area (Å²) in [6.07, 6.45) is 2.32. The number of rotatable bonds is 3. The Hall–Kier alpha value is -1.28. The van der Waals surface area contributed by atoms with E-state index in [4.69, 9.17) is 17.3 Å². The summed E-state index contributed by atoms with van der Waals surface area (Å²) in [4.78, 5) is 21.0. The van der Waals surface area contributed by atoms with Crippen LogP contribution in [0.2, 0.25) is 5.02 Å². The minimum Gasteiger partial charge on any atom is -0.379 e. The molecular formula is C17H17BrCl2N4OS. The number of halogens is 3. The first-order valence-corrected chi connectivity index (χ1v) is 9.73. The number of carbonyl (C=O) groups excluding carboxylic acids is 1. The summed E-state index contributed by atoms with van der Waals surface area (Å²) >= 11 is 10.9. The zero-order chi connectivity index (χ0) is 18.0. The predicted molar refractivity (Wildman–Crippen MR) is 115 cm³/mol. The Balaban J connectivity index is 0.00000243. The smallest absolute Gasteiger partial charge is 0.274 e. The molecule has 9 heteroatoms. The average Bonchev–Trinajstić information content (AvgIpc) is 2.54. The van der Waals surface area contributed by atoms with Crippen molar-refractivity contribution in [3.8, 4) is 0 Å². The topological polar surface area (TPSA) is 80.4 Å². The summed E-state index contributed by atoms with van der Waals surface area (Å²) in [5.74, 6) is 0.613. The highest BCUT2D eigenvalue weighted by Crippen LogP contribution is 2.37. The molecule has 1 aromatic carbocycles. The number of hydrogen-bond acceptors (Lipinski definition) is 5. The summed E-state index contributed by atoms with van der Waals surface area (Å²) in [6.45, 7) is 2.05. The van der Waals surface area contributed by atoms with Crippen LogP contribution in [0.15, 0.2) is 46.0 Å². The third-order valence-electron chi connectivity index (χ3n) is 3.93. The van der Waals surface area contributed by atoms with E-state index in [-0.39, 0.29) is 18.3 Å². The highest BCUT2D eigenvalue weighted by atomic mass is 79.9. The van der Waals surface area contributed by atoms with Crippen molar-refractivity contribution in [1.29, 1.82) is 0 Å².